The third-order valence-electron chi connectivity index (χ3n) is 5.71. The summed E-state index contributed by atoms with van der Waals surface area (Å²) >= 11 is 0. The van der Waals surface area contributed by atoms with Crippen LogP contribution in [0, 0.1) is 5.92 Å². The van der Waals surface area contributed by atoms with Crippen molar-refractivity contribution in [1.82, 2.24) is 4.90 Å². The van der Waals surface area contributed by atoms with E-state index in [2.05, 4.69) is 63.8 Å². The highest BCUT2D eigenvalue weighted by Gasteiger charge is 2.25. The second-order valence-corrected chi connectivity index (χ2v) is 8.96. The van der Waals surface area contributed by atoms with Gasteiger partial charge in [0, 0.05) is 25.2 Å². The molecule has 0 amide bonds. The summed E-state index contributed by atoms with van der Waals surface area (Å²) in [5.41, 5.74) is 9.21. The quantitative estimate of drug-likeness (QED) is 0.786. The number of nitrogens with two attached hydrogens (primary N) is 1. The molecular weight excluding hydrogens is 292 g/mol. The van der Waals surface area contributed by atoms with Gasteiger partial charge in [-0.2, -0.15) is 0 Å². The maximum Gasteiger partial charge on any atom is 0.0236 e. The summed E-state index contributed by atoms with van der Waals surface area (Å²) in [6, 6.07) is 10.4. The van der Waals surface area contributed by atoms with E-state index in [9.17, 15) is 0 Å². The number of hydrogen-bond donors (Lipinski definition) is 1. The molecule has 1 saturated carbocycles. The zero-order chi connectivity index (χ0) is 17.7. The van der Waals surface area contributed by atoms with E-state index in [1.165, 1.54) is 49.8 Å². The molecule has 24 heavy (non-hydrogen) atoms. The maximum atomic E-state index is 6.12. The number of benzene rings is 1. The molecule has 0 radical (unpaired) electrons. The van der Waals surface area contributed by atoms with Crippen LogP contribution in [0.5, 0.6) is 0 Å². The summed E-state index contributed by atoms with van der Waals surface area (Å²) in [5, 5.41) is 0. The van der Waals surface area contributed by atoms with E-state index in [4.69, 9.17) is 5.73 Å². The molecule has 0 heterocycles. The average molecular weight is 331 g/mol. The van der Waals surface area contributed by atoms with Crippen LogP contribution in [0.25, 0.3) is 0 Å². The highest BCUT2D eigenvalue weighted by molar-refractivity contribution is 5.27. The van der Waals surface area contributed by atoms with Gasteiger partial charge < -0.3 is 5.73 Å². The first-order valence-electron chi connectivity index (χ1n) is 9.88. The SMILES string of the molecule is CCC(C)CN(Cc1ccc(C(C)(C)C)cc1)C1CCC(N)CC1. The van der Waals surface area contributed by atoms with E-state index in [1.807, 2.05) is 0 Å². The Morgan fingerprint density at radius 1 is 1.08 bits per heavy atom. The van der Waals surface area contributed by atoms with Crippen molar-refractivity contribution >= 4 is 0 Å². The lowest BCUT2D eigenvalue weighted by Crippen LogP contribution is -2.42. The Kier molecular flexibility index (Phi) is 6.88. The van der Waals surface area contributed by atoms with Crippen LogP contribution in [-0.4, -0.2) is 23.5 Å². The fourth-order valence-corrected chi connectivity index (χ4v) is 3.68. The predicted octanol–water partition coefficient (Wildman–Crippen LogP) is 5.10. The smallest absolute Gasteiger partial charge is 0.0236 e. The van der Waals surface area contributed by atoms with E-state index in [-0.39, 0.29) is 5.41 Å². The van der Waals surface area contributed by atoms with Gasteiger partial charge in [0.15, 0.2) is 0 Å². The summed E-state index contributed by atoms with van der Waals surface area (Å²) < 4.78 is 0. The summed E-state index contributed by atoms with van der Waals surface area (Å²) in [6.07, 6.45) is 6.15. The molecule has 1 aliphatic rings. The molecule has 1 atom stereocenters. The van der Waals surface area contributed by atoms with Crippen molar-refractivity contribution < 1.29 is 0 Å². The molecule has 1 unspecified atom stereocenters. The average Bonchev–Trinajstić information content (AvgIpc) is 2.54. The standard InChI is InChI=1S/C22H38N2/c1-6-17(2)15-24(21-13-11-20(23)12-14-21)16-18-7-9-19(10-8-18)22(3,4)5/h7-10,17,20-21H,6,11-16,23H2,1-5H3. The topological polar surface area (TPSA) is 29.3 Å². The first-order chi connectivity index (χ1) is 11.3. The van der Waals surface area contributed by atoms with Crippen LogP contribution in [0.3, 0.4) is 0 Å². The predicted molar refractivity (Wildman–Crippen MR) is 105 cm³/mol. The summed E-state index contributed by atoms with van der Waals surface area (Å²) in [6.45, 7) is 13.8. The van der Waals surface area contributed by atoms with Gasteiger partial charge in [0.05, 0.1) is 0 Å². The minimum absolute atomic E-state index is 0.231. The molecule has 1 aromatic rings. The van der Waals surface area contributed by atoms with Crippen molar-refractivity contribution in [3.05, 3.63) is 35.4 Å². The molecule has 0 aromatic heterocycles. The molecule has 2 rings (SSSR count). The Balaban J connectivity index is 2.06. The Hall–Kier alpha value is -0.860. The Morgan fingerprint density at radius 3 is 2.17 bits per heavy atom. The Bertz CT molecular complexity index is 478. The first kappa shape index (κ1) is 19.5. The lowest BCUT2D eigenvalue weighted by Gasteiger charge is -2.37. The molecule has 1 aliphatic carbocycles. The van der Waals surface area contributed by atoms with Gasteiger partial charge in [0.1, 0.15) is 0 Å². The minimum atomic E-state index is 0.231. The monoisotopic (exact) mass is 330 g/mol. The Labute approximate surface area is 149 Å². The lowest BCUT2D eigenvalue weighted by molar-refractivity contribution is 0.122. The molecular formula is C22H38N2. The summed E-state index contributed by atoms with van der Waals surface area (Å²) in [5.74, 6) is 0.759. The van der Waals surface area contributed by atoms with Crippen molar-refractivity contribution in [3.63, 3.8) is 0 Å². The van der Waals surface area contributed by atoms with Gasteiger partial charge in [0.25, 0.3) is 0 Å². The van der Waals surface area contributed by atoms with Gasteiger partial charge in [-0.1, -0.05) is 65.3 Å². The van der Waals surface area contributed by atoms with Gasteiger partial charge in [-0.05, 0) is 48.1 Å². The Morgan fingerprint density at radius 2 is 1.67 bits per heavy atom. The normalized spacial score (nSPS) is 23.5. The van der Waals surface area contributed by atoms with Crippen LogP contribution >= 0.6 is 0 Å². The van der Waals surface area contributed by atoms with E-state index in [0.29, 0.717) is 12.1 Å². The minimum Gasteiger partial charge on any atom is -0.328 e. The summed E-state index contributed by atoms with van der Waals surface area (Å²) in [4.78, 5) is 2.73. The number of nitrogens with zero attached hydrogens (tertiary/aromatic N) is 1. The van der Waals surface area contributed by atoms with Gasteiger partial charge in [-0.15, -0.1) is 0 Å². The third kappa shape index (κ3) is 5.60. The van der Waals surface area contributed by atoms with Crippen molar-refractivity contribution in [2.75, 3.05) is 6.54 Å². The maximum absolute atomic E-state index is 6.12. The second-order valence-electron chi connectivity index (χ2n) is 8.96. The van der Waals surface area contributed by atoms with Gasteiger partial charge in [0.2, 0.25) is 0 Å². The van der Waals surface area contributed by atoms with Crippen molar-refractivity contribution in [2.45, 2.75) is 90.8 Å². The zero-order valence-corrected chi connectivity index (χ0v) is 16.5. The molecule has 0 saturated heterocycles. The van der Waals surface area contributed by atoms with E-state index >= 15 is 0 Å². The molecule has 1 aromatic carbocycles. The van der Waals surface area contributed by atoms with E-state index in [1.54, 1.807) is 0 Å². The van der Waals surface area contributed by atoms with Crippen LogP contribution in [-0.2, 0) is 12.0 Å². The van der Waals surface area contributed by atoms with E-state index in [0.717, 1.165) is 12.5 Å². The highest BCUT2D eigenvalue weighted by atomic mass is 15.2. The van der Waals surface area contributed by atoms with Gasteiger partial charge in [-0.3, -0.25) is 4.90 Å². The van der Waals surface area contributed by atoms with Crippen molar-refractivity contribution in [1.29, 1.82) is 0 Å². The molecule has 2 heteroatoms. The molecule has 1 fully saturated rings. The zero-order valence-electron chi connectivity index (χ0n) is 16.5. The second kappa shape index (κ2) is 8.49. The van der Waals surface area contributed by atoms with Gasteiger partial charge in [-0.25, -0.2) is 0 Å². The van der Waals surface area contributed by atoms with E-state index < -0.39 is 0 Å². The molecule has 136 valence electrons. The molecule has 2 nitrogen and oxygen atoms in total. The number of rotatable bonds is 6. The fourth-order valence-electron chi connectivity index (χ4n) is 3.68. The first-order valence-corrected chi connectivity index (χ1v) is 9.88. The van der Waals surface area contributed by atoms with Crippen molar-refractivity contribution in [2.24, 2.45) is 11.7 Å². The van der Waals surface area contributed by atoms with Crippen LogP contribution in [0.1, 0.15) is 77.8 Å². The molecule has 0 spiro atoms. The van der Waals surface area contributed by atoms with Crippen LogP contribution in [0.15, 0.2) is 24.3 Å². The molecule has 2 N–H and O–H groups in total. The van der Waals surface area contributed by atoms with Crippen LogP contribution < -0.4 is 5.73 Å². The fraction of sp³-hybridized carbons (Fsp3) is 0.727. The van der Waals surface area contributed by atoms with Crippen LogP contribution in [0.2, 0.25) is 0 Å². The van der Waals surface area contributed by atoms with Gasteiger partial charge >= 0.3 is 0 Å². The summed E-state index contributed by atoms with van der Waals surface area (Å²) in [7, 11) is 0. The molecule has 0 aliphatic heterocycles. The number of hydrogen-bond acceptors (Lipinski definition) is 2. The third-order valence-corrected chi connectivity index (χ3v) is 5.71. The highest BCUT2D eigenvalue weighted by Crippen LogP contribution is 2.26. The van der Waals surface area contributed by atoms with Crippen LogP contribution in [0.4, 0.5) is 0 Å². The molecule has 0 bridgehead atoms. The lowest BCUT2D eigenvalue weighted by atomic mass is 9.86. The largest absolute Gasteiger partial charge is 0.328 e. The van der Waals surface area contributed by atoms with Crippen molar-refractivity contribution in [3.8, 4) is 0 Å².